The second-order valence-electron chi connectivity index (χ2n) is 4.50. The number of nitrogens with one attached hydrogen (secondary N) is 1. The van der Waals surface area contributed by atoms with E-state index in [9.17, 15) is 13.2 Å². The van der Waals surface area contributed by atoms with E-state index in [1.54, 1.807) is 0 Å². The quantitative estimate of drug-likeness (QED) is 0.908. The summed E-state index contributed by atoms with van der Waals surface area (Å²) in [7, 11) is 0. The van der Waals surface area contributed by atoms with Crippen molar-refractivity contribution in [1.82, 2.24) is 0 Å². The van der Waals surface area contributed by atoms with Crippen molar-refractivity contribution in [2.45, 2.75) is 13.5 Å². The number of phenols is 1. The van der Waals surface area contributed by atoms with Gasteiger partial charge in [-0.25, -0.2) is 13.2 Å². The van der Waals surface area contributed by atoms with Gasteiger partial charge in [0.05, 0.1) is 11.6 Å². The lowest BCUT2D eigenvalue weighted by atomic mass is 10.1. The highest BCUT2D eigenvalue weighted by molar-refractivity contribution is 5.56. The molecule has 2 N–H and O–H groups in total. The number of phenolic OH excluding ortho intramolecular Hbond substituents is 1. The van der Waals surface area contributed by atoms with E-state index in [-0.39, 0.29) is 17.7 Å². The molecule has 0 radical (unpaired) electrons. The van der Waals surface area contributed by atoms with Crippen LogP contribution in [0.4, 0.5) is 18.9 Å². The molecule has 0 unspecified atom stereocenters. The van der Waals surface area contributed by atoms with Crippen molar-refractivity contribution >= 4 is 5.69 Å². The molecule has 0 spiro atoms. The number of rotatable bonds is 3. The molecular formula is C15H11F3N2O. The van der Waals surface area contributed by atoms with E-state index in [0.29, 0.717) is 11.3 Å². The molecule has 3 nitrogen and oxygen atoms in total. The topological polar surface area (TPSA) is 56.0 Å². The average molecular weight is 292 g/mol. The highest BCUT2D eigenvalue weighted by Crippen LogP contribution is 2.24. The van der Waals surface area contributed by atoms with Gasteiger partial charge in [0.1, 0.15) is 5.82 Å². The molecule has 0 saturated carbocycles. The van der Waals surface area contributed by atoms with Gasteiger partial charge in [-0.1, -0.05) is 0 Å². The summed E-state index contributed by atoms with van der Waals surface area (Å²) in [5, 5.41) is 20.6. The Labute approximate surface area is 119 Å². The molecule has 0 atom stereocenters. The summed E-state index contributed by atoms with van der Waals surface area (Å²) in [6.07, 6.45) is 0. The zero-order valence-corrected chi connectivity index (χ0v) is 11.0. The molecule has 108 valence electrons. The van der Waals surface area contributed by atoms with Gasteiger partial charge in [-0.15, -0.1) is 0 Å². The lowest BCUT2D eigenvalue weighted by Crippen LogP contribution is -2.04. The van der Waals surface area contributed by atoms with Crippen LogP contribution in [0.25, 0.3) is 0 Å². The molecule has 0 heterocycles. The van der Waals surface area contributed by atoms with Gasteiger partial charge in [0.25, 0.3) is 0 Å². The summed E-state index contributed by atoms with van der Waals surface area (Å²) in [5.41, 5.74) is 1.04. The van der Waals surface area contributed by atoms with Crippen molar-refractivity contribution in [2.24, 2.45) is 0 Å². The molecule has 0 aliphatic rings. The molecule has 21 heavy (non-hydrogen) atoms. The number of aromatic hydroxyl groups is 1. The second kappa shape index (κ2) is 5.75. The number of hydrogen-bond acceptors (Lipinski definition) is 3. The Kier molecular flexibility index (Phi) is 4.03. The smallest absolute Gasteiger partial charge is 0.187 e. The van der Waals surface area contributed by atoms with Crippen molar-refractivity contribution < 1.29 is 18.3 Å². The monoisotopic (exact) mass is 292 g/mol. The molecule has 2 aromatic rings. The maximum Gasteiger partial charge on any atom is 0.187 e. The van der Waals surface area contributed by atoms with Crippen molar-refractivity contribution in [3.63, 3.8) is 0 Å². The minimum atomic E-state index is -1.07. The molecule has 2 aromatic carbocycles. The predicted molar refractivity (Wildman–Crippen MR) is 71.2 cm³/mol. The van der Waals surface area contributed by atoms with Crippen LogP contribution in [0, 0.1) is 35.7 Å². The minimum Gasteiger partial charge on any atom is -0.503 e. The molecule has 6 heteroatoms. The first-order valence-electron chi connectivity index (χ1n) is 6.03. The molecule has 0 fully saturated rings. The van der Waals surface area contributed by atoms with Gasteiger partial charge < -0.3 is 10.4 Å². The SMILES string of the molecule is Cc1c(F)cc(C#N)cc1NCc1cc(F)c(O)c(F)c1. The van der Waals surface area contributed by atoms with Crippen LogP contribution in [0.3, 0.4) is 0 Å². The summed E-state index contributed by atoms with van der Waals surface area (Å²) in [4.78, 5) is 0. The maximum atomic E-state index is 13.6. The van der Waals surface area contributed by atoms with E-state index in [1.807, 2.05) is 6.07 Å². The van der Waals surface area contributed by atoms with Gasteiger partial charge in [0.2, 0.25) is 0 Å². The number of nitriles is 1. The first kappa shape index (κ1) is 14.7. The first-order chi connectivity index (χ1) is 9.92. The molecule has 0 aliphatic heterocycles. The summed E-state index contributed by atoms with van der Waals surface area (Å²) in [6.45, 7) is 1.54. The molecular weight excluding hydrogens is 281 g/mol. The fourth-order valence-corrected chi connectivity index (χ4v) is 1.84. The zero-order chi connectivity index (χ0) is 15.6. The normalized spacial score (nSPS) is 10.2. The highest BCUT2D eigenvalue weighted by Gasteiger charge is 2.11. The van der Waals surface area contributed by atoms with Crippen molar-refractivity contribution in [3.05, 3.63) is 58.4 Å². The summed E-state index contributed by atoms with van der Waals surface area (Å²) in [5.74, 6) is -3.71. The first-order valence-corrected chi connectivity index (χ1v) is 6.03. The standard InChI is InChI=1S/C15H11F3N2O/c1-8-11(16)2-9(6-19)5-14(8)20-7-10-3-12(17)15(21)13(18)4-10/h2-5,20-21H,7H2,1H3. The molecule has 0 amide bonds. The van der Waals surface area contributed by atoms with E-state index >= 15 is 0 Å². The van der Waals surface area contributed by atoms with E-state index in [2.05, 4.69) is 5.32 Å². The number of halogens is 3. The van der Waals surface area contributed by atoms with Crippen molar-refractivity contribution in [2.75, 3.05) is 5.32 Å². The van der Waals surface area contributed by atoms with E-state index in [1.165, 1.54) is 13.0 Å². The van der Waals surface area contributed by atoms with Crippen LogP contribution in [0.1, 0.15) is 16.7 Å². The molecule has 0 aromatic heterocycles. The number of hydrogen-bond donors (Lipinski definition) is 2. The van der Waals surface area contributed by atoms with Gasteiger partial charge >= 0.3 is 0 Å². The molecule has 0 aliphatic carbocycles. The Morgan fingerprint density at radius 2 is 1.71 bits per heavy atom. The van der Waals surface area contributed by atoms with E-state index in [0.717, 1.165) is 18.2 Å². The minimum absolute atomic E-state index is 0.0171. The number of anilines is 1. The van der Waals surface area contributed by atoms with Gasteiger partial charge in [-0.05, 0) is 36.8 Å². The third kappa shape index (κ3) is 3.08. The molecule has 0 bridgehead atoms. The van der Waals surface area contributed by atoms with Crippen LogP contribution in [0.5, 0.6) is 5.75 Å². The fraction of sp³-hybridized carbons (Fsp3) is 0.133. The summed E-state index contributed by atoms with van der Waals surface area (Å²) >= 11 is 0. The Hall–Kier alpha value is -2.68. The zero-order valence-electron chi connectivity index (χ0n) is 11.0. The van der Waals surface area contributed by atoms with Crippen LogP contribution in [-0.2, 0) is 6.54 Å². The van der Waals surface area contributed by atoms with Crippen molar-refractivity contribution in [1.29, 1.82) is 5.26 Å². The highest BCUT2D eigenvalue weighted by atomic mass is 19.1. The maximum absolute atomic E-state index is 13.6. The van der Waals surface area contributed by atoms with E-state index in [4.69, 9.17) is 10.4 Å². The van der Waals surface area contributed by atoms with Crippen LogP contribution in [0.15, 0.2) is 24.3 Å². The number of nitrogens with zero attached hydrogens (tertiary/aromatic N) is 1. The van der Waals surface area contributed by atoms with Gasteiger partial charge in [-0.2, -0.15) is 5.26 Å². The van der Waals surface area contributed by atoms with Crippen LogP contribution < -0.4 is 5.32 Å². The van der Waals surface area contributed by atoms with Gasteiger partial charge in [-0.3, -0.25) is 0 Å². The summed E-state index contributed by atoms with van der Waals surface area (Å²) < 4.78 is 40.0. The van der Waals surface area contributed by atoms with Crippen LogP contribution in [-0.4, -0.2) is 5.11 Å². The largest absolute Gasteiger partial charge is 0.503 e. The second-order valence-corrected chi connectivity index (χ2v) is 4.50. The Bertz CT molecular complexity index is 715. The predicted octanol–water partition coefficient (Wildman–Crippen LogP) is 3.60. The van der Waals surface area contributed by atoms with Crippen LogP contribution >= 0.6 is 0 Å². The van der Waals surface area contributed by atoms with E-state index < -0.39 is 23.2 Å². The number of benzene rings is 2. The Balaban J connectivity index is 2.25. The van der Waals surface area contributed by atoms with Gasteiger partial charge in [0, 0.05) is 17.8 Å². The van der Waals surface area contributed by atoms with Crippen LogP contribution in [0.2, 0.25) is 0 Å². The Morgan fingerprint density at radius 3 is 2.29 bits per heavy atom. The Morgan fingerprint density at radius 1 is 1.10 bits per heavy atom. The fourth-order valence-electron chi connectivity index (χ4n) is 1.84. The third-order valence-corrected chi connectivity index (χ3v) is 3.03. The average Bonchev–Trinajstić information content (AvgIpc) is 2.45. The van der Waals surface area contributed by atoms with Crippen molar-refractivity contribution in [3.8, 4) is 11.8 Å². The lowest BCUT2D eigenvalue weighted by molar-refractivity contribution is 0.395. The molecule has 2 rings (SSSR count). The summed E-state index contributed by atoms with van der Waals surface area (Å²) in [6, 6.07) is 6.34. The van der Waals surface area contributed by atoms with Gasteiger partial charge in [0.15, 0.2) is 17.4 Å². The third-order valence-electron chi connectivity index (χ3n) is 3.03. The molecule has 0 saturated heterocycles. The lowest BCUT2D eigenvalue weighted by Gasteiger charge is -2.11.